The molecule has 1 aromatic carbocycles. The molecule has 3 rings (SSSR count). The van der Waals surface area contributed by atoms with Crippen LogP contribution in [0.4, 0.5) is 26.3 Å². The zero-order valence-electron chi connectivity index (χ0n) is 15.8. The average Bonchev–Trinajstić information content (AvgIpc) is 3.45. The molecule has 1 heterocycles. The number of halogens is 6. The van der Waals surface area contributed by atoms with Crippen molar-refractivity contribution < 1.29 is 26.3 Å². The first-order chi connectivity index (χ1) is 13.1. The summed E-state index contributed by atoms with van der Waals surface area (Å²) >= 11 is 0. The largest absolute Gasteiger partial charge is 0.416 e. The smallest absolute Gasteiger partial charge is 0.293 e. The van der Waals surface area contributed by atoms with Gasteiger partial charge >= 0.3 is 12.4 Å². The number of alkyl halides is 6. The Hall–Kier alpha value is -1.24. The molecule has 2 fully saturated rings. The van der Waals surface area contributed by atoms with Gasteiger partial charge in [0.2, 0.25) is 0 Å². The van der Waals surface area contributed by atoms with E-state index in [-0.39, 0.29) is 18.5 Å². The number of benzene rings is 1. The SMILES string of the molecule is FC(F)(F)CC[C@@H](CCC1CC1)N1CCCC[C@H]1c1ccc(C(F)(F)F)cc1. The standard InChI is InChI=1S/C21H27F6N/c22-20(23,24)13-12-18(11-6-15-4-5-15)28-14-2-1-3-19(28)16-7-9-17(10-8-16)21(25,26)27/h7-10,15,18-19H,1-6,11-14H2/t18-,19+/m1/s1. The number of nitrogens with zero attached hydrogens (tertiary/aromatic N) is 1. The highest BCUT2D eigenvalue weighted by Crippen LogP contribution is 2.40. The van der Waals surface area contributed by atoms with Gasteiger partial charge < -0.3 is 0 Å². The van der Waals surface area contributed by atoms with Crippen LogP contribution in [0.25, 0.3) is 0 Å². The van der Waals surface area contributed by atoms with Crippen molar-refractivity contribution in [3.8, 4) is 0 Å². The maximum Gasteiger partial charge on any atom is 0.416 e. The second-order valence-electron chi connectivity index (χ2n) is 8.20. The monoisotopic (exact) mass is 407 g/mol. The third-order valence-corrected chi connectivity index (χ3v) is 6.00. The number of piperidine rings is 1. The number of hydrogen-bond acceptors (Lipinski definition) is 1. The Kier molecular flexibility index (Phi) is 6.62. The predicted molar refractivity (Wildman–Crippen MR) is 95.8 cm³/mol. The van der Waals surface area contributed by atoms with Gasteiger partial charge in [-0.15, -0.1) is 0 Å². The summed E-state index contributed by atoms with van der Waals surface area (Å²) in [5.41, 5.74) is 0.0806. The molecule has 0 spiro atoms. The minimum atomic E-state index is -4.38. The van der Waals surface area contributed by atoms with E-state index in [2.05, 4.69) is 4.90 Å². The van der Waals surface area contributed by atoms with Crippen molar-refractivity contribution >= 4 is 0 Å². The normalized spacial score (nSPS) is 23.0. The summed E-state index contributed by atoms with van der Waals surface area (Å²) in [6.45, 7) is 0.707. The van der Waals surface area contributed by atoms with Gasteiger partial charge in [-0.05, 0) is 62.3 Å². The molecule has 0 unspecified atom stereocenters. The second kappa shape index (κ2) is 8.64. The van der Waals surface area contributed by atoms with Crippen molar-refractivity contribution in [3.63, 3.8) is 0 Å². The van der Waals surface area contributed by atoms with Gasteiger partial charge in [-0.2, -0.15) is 26.3 Å². The lowest BCUT2D eigenvalue weighted by molar-refractivity contribution is -0.139. The lowest BCUT2D eigenvalue weighted by Gasteiger charge is -2.42. The summed E-state index contributed by atoms with van der Waals surface area (Å²) in [6.07, 6.45) is -2.68. The van der Waals surface area contributed by atoms with E-state index in [1.807, 2.05) is 0 Å². The molecule has 1 saturated heterocycles. The van der Waals surface area contributed by atoms with E-state index in [0.717, 1.165) is 62.6 Å². The van der Waals surface area contributed by atoms with Crippen LogP contribution in [0.1, 0.15) is 75.0 Å². The van der Waals surface area contributed by atoms with Gasteiger partial charge in [-0.1, -0.05) is 31.4 Å². The Morgan fingerprint density at radius 1 is 0.893 bits per heavy atom. The van der Waals surface area contributed by atoms with Crippen LogP contribution < -0.4 is 0 Å². The second-order valence-corrected chi connectivity index (χ2v) is 8.20. The van der Waals surface area contributed by atoms with Crippen molar-refractivity contribution in [1.29, 1.82) is 0 Å². The molecule has 0 N–H and O–H groups in total. The highest BCUT2D eigenvalue weighted by Gasteiger charge is 2.36. The van der Waals surface area contributed by atoms with E-state index in [9.17, 15) is 26.3 Å². The topological polar surface area (TPSA) is 3.24 Å². The quantitative estimate of drug-likeness (QED) is 0.435. The van der Waals surface area contributed by atoms with Gasteiger partial charge in [0.25, 0.3) is 0 Å². The molecule has 158 valence electrons. The predicted octanol–water partition coefficient (Wildman–Crippen LogP) is 7.13. The van der Waals surface area contributed by atoms with Crippen molar-refractivity contribution in [2.75, 3.05) is 6.54 Å². The number of hydrogen-bond donors (Lipinski definition) is 0. The first-order valence-corrected chi connectivity index (χ1v) is 10.1. The van der Waals surface area contributed by atoms with E-state index >= 15 is 0 Å². The Balaban J connectivity index is 1.75. The molecule has 1 aliphatic heterocycles. The number of likely N-dealkylation sites (tertiary alicyclic amines) is 1. The molecule has 1 aliphatic carbocycles. The van der Waals surface area contributed by atoms with Crippen LogP contribution >= 0.6 is 0 Å². The van der Waals surface area contributed by atoms with E-state index in [4.69, 9.17) is 0 Å². The zero-order valence-corrected chi connectivity index (χ0v) is 15.8. The minimum Gasteiger partial charge on any atom is -0.293 e. The molecule has 28 heavy (non-hydrogen) atoms. The third kappa shape index (κ3) is 6.13. The molecular formula is C21H27F6N. The van der Waals surface area contributed by atoms with E-state index in [1.165, 1.54) is 12.1 Å². The van der Waals surface area contributed by atoms with Crippen molar-refractivity contribution in [2.24, 2.45) is 5.92 Å². The summed E-state index contributed by atoms with van der Waals surface area (Å²) in [7, 11) is 0. The summed E-state index contributed by atoms with van der Waals surface area (Å²) in [4.78, 5) is 2.14. The molecule has 7 heteroatoms. The highest BCUT2D eigenvalue weighted by atomic mass is 19.4. The van der Waals surface area contributed by atoms with Crippen LogP contribution in [0.3, 0.4) is 0 Å². The van der Waals surface area contributed by atoms with E-state index in [1.54, 1.807) is 0 Å². The lowest BCUT2D eigenvalue weighted by atomic mass is 9.90. The van der Waals surface area contributed by atoms with E-state index < -0.39 is 24.3 Å². The maximum absolute atomic E-state index is 12.8. The van der Waals surface area contributed by atoms with Gasteiger partial charge in [0, 0.05) is 18.5 Å². The first kappa shape index (κ1) is 21.5. The third-order valence-electron chi connectivity index (χ3n) is 6.00. The summed E-state index contributed by atoms with van der Waals surface area (Å²) < 4.78 is 77.1. The van der Waals surface area contributed by atoms with Gasteiger partial charge in [0.1, 0.15) is 0 Å². The molecule has 1 aromatic rings. The fourth-order valence-electron chi connectivity index (χ4n) is 4.28. The molecule has 1 nitrogen and oxygen atoms in total. The van der Waals surface area contributed by atoms with Gasteiger partial charge in [0.15, 0.2) is 0 Å². The van der Waals surface area contributed by atoms with Crippen LogP contribution in [0.15, 0.2) is 24.3 Å². The molecule has 0 bridgehead atoms. The molecule has 0 aromatic heterocycles. The van der Waals surface area contributed by atoms with Crippen LogP contribution in [-0.4, -0.2) is 23.7 Å². The van der Waals surface area contributed by atoms with Crippen molar-refractivity contribution in [3.05, 3.63) is 35.4 Å². The molecule has 1 saturated carbocycles. The summed E-state index contributed by atoms with van der Waals surface area (Å²) in [5, 5.41) is 0. The number of rotatable bonds is 7. The Bertz CT molecular complexity index is 617. The molecule has 0 radical (unpaired) electrons. The zero-order chi connectivity index (χ0) is 20.4. The Labute approximate surface area is 162 Å². The van der Waals surface area contributed by atoms with E-state index in [0.29, 0.717) is 12.5 Å². The average molecular weight is 407 g/mol. The highest BCUT2D eigenvalue weighted by molar-refractivity contribution is 5.27. The van der Waals surface area contributed by atoms with Crippen molar-refractivity contribution in [2.45, 2.75) is 82.2 Å². The summed E-state index contributed by atoms with van der Waals surface area (Å²) in [6, 6.07) is 4.87. The Morgan fingerprint density at radius 3 is 2.14 bits per heavy atom. The fraction of sp³-hybridized carbons (Fsp3) is 0.714. The first-order valence-electron chi connectivity index (χ1n) is 10.1. The van der Waals surface area contributed by atoms with Gasteiger partial charge in [0.05, 0.1) is 5.56 Å². The maximum atomic E-state index is 12.8. The minimum absolute atomic E-state index is 0.0629. The molecule has 2 aliphatic rings. The molecule has 2 atom stereocenters. The Morgan fingerprint density at radius 2 is 1.57 bits per heavy atom. The fourth-order valence-corrected chi connectivity index (χ4v) is 4.28. The lowest BCUT2D eigenvalue weighted by Crippen LogP contribution is -2.42. The summed E-state index contributed by atoms with van der Waals surface area (Å²) in [5.74, 6) is 0.641. The van der Waals surface area contributed by atoms with Crippen LogP contribution in [0, 0.1) is 5.92 Å². The molecule has 0 amide bonds. The van der Waals surface area contributed by atoms with Crippen molar-refractivity contribution in [1.82, 2.24) is 4.90 Å². The van der Waals surface area contributed by atoms with Gasteiger partial charge in [-0.3, -0.25) is 4.90 Å². The van der Waals surface area contributed by atoms with Crippen LogP contribution in [0.2, 0.25) is 0 Å². The van der Waals surface area contributed by atoms with Crippen LogP contribution in [0.5, 0.6) is 0 Å². The van der Waals surface area contributed by atoms with Crippen LogP contribution in [-0.2, 0) is 6.18 Å². The molecular weight excluding hydrogens is 380 g/mol. The van der Waals surface area contributed by atoms with Gasteiger partial charge in [-0.25, -0.2) is 0 Å².